The van der Waals surface area contributed by atoms with Crippen LogP contribution in [0.1, 0.15) is 35.9 Å². The van der Waals surface area contributed by atoms with E-state index in [9.17, 15) is 4.79 Å². The Bertz CT molecular complexity index is 1440. The third-order valence-corrected chi connectivity index (χ3v) is 8.32. The smallest absolute Gasteiger partial charge is 0.266 e. The van der Waals surface area contributed by atoms with Crippen molar-refractivity contribution in [1.29, 1.82) is 0 Å². The lowest BCUT2D eigenvalue weighted by molar-refractivity contribution is -0.669. The molecular weight excluding hydrogens is 432 g/mol. The van der Waals surface area contributed by atoms with Crippen LogP contribution in [0.4, 0.5) is 5.69 Å². The Kier molecular flexibility index (Phi) is 4.99. The highest BCUT2D eigenvalue weighted by Crippen LogP contribution is 2.51. The van der Waals surface area contributed by atoms with Gasteiger partial charge in [0.05, 0.1) is 0 Å². The Morgan fingerprint density at radius 3 is 2.51 bits per heavy atom. The van der Waals surface area contributed by atoms with Crippen LogP contribution >= 0.6 is 0 Å². The molecule has 2 atom stereocenters. The van der Waals surface area contributed by atoms with Crippen LogP contribution in [-0.2, 0) is 23.3 Å². The zero-order valence-electron chi connectivity index (χ0n) is 21.0. The van der Waals surface area contributed by atoms with Crippen molar-refractivity contribution in [2.75, 3.05) is 18.5 Å². The first kappa shape index (κ1) is 21.9. The summed E-state index contributed by atoms with van der Waals surface area (Å²) >= 11 is 0. The molecule has 6 rings (SSSR count). The summed E-state index contributed by atoms with van der Waals surface area (Å²) in [7, 11) is 2.13. The molecule has 1 aromatic heterocycles. The molecule has 2 aliphatic rings. The van der Waals surface area contributed by atoms with Gasteiger partial charge < -0.3 is 9.80 Å². The maximum atomic E-state index is 13.9. The molecule has 1 saturated heterocycles. The monoisotopic (exact) mass is 465 g/mol. The molecule has 0 bridgehead atoms. The Labute approximate surface area is 207 Å². The van der Waals surface area contributed by atoms with Crippen LogP contribution < -0.4 is 9.47 Å². The molecule has 0 radical (unpaired) electrons. The lowest BCUT2D eigenvalue weighted by atomic mass is 9.81. The first-order valence-electron chi connectivity index (χ1n) is 12.5. The molecule has 0 saturated carbocycles. The van der Waals surface area contributed by atoms with Crippen LogP contribution in [0.2, 0.25) is 0 Å². The van der Waals surface area contributed by atoms with Gasteiger partial charge in [-0.25, -0.2) is 9.13 Å². The first-order chi connectivity index (χ1) is 16.9. The number of aromatic nitrogens is 2. The number of benzene rings is 3. The second-order valence-electron chi connectivity index (χ2n) is 10.5. The number of para-hydroxylation sites is 3. The van der Waals surface area contributed by atoms with E-state index in [2.05, 4.69) is 120 Å². The number of anilines is 1. The van der Waals surface area contributed by atoms with Gasteiger partial charge in [-0.15, -0.1) is 0 Å². The SMILES string of the molecule is Cc1ccc(C[n+]2c(C)n(CC(=O)N3CCC4(C)c5ccccc5N(C)C34)c3ccccc32)cc1. The van der Waals surface area contributed by atoms with Crippen LogP contribution in [0, 0.1) is 13.8 Å². The lowest BCUT2D eigenvalue weighted by Gasteiger charge is -2.34. The quantitative estimate of drug-likeness (QED) is 0.414. The summed E-state index contributed by atoms with van der Waals surface area (Å²) in [6.45, 7) is 8.50. The normalized spacial score (nSPS) is 21.0. The van der Waals surface area contributed by atoms with Gasteiger partial charge in [-0.2, -0.15) is 0 Å². The maximum Gasteiger partial charge on any atom is 0.266 e. The van der Waals surface area contributed by atoms with Gasteiger partial charge in [-0.05, 0) is 42.7 Å². The van der Waals surface area contributed by atoms with Gasteiger partial charge in [0.2, 0.25) is 0 Å². The van der Waals surface area contributed by atoms with E-state index in [0.717, 1.165) is 36.4 Å². The van der Waals surface area contributed by atoms with Crippen LogP contribution in [0.15, 0.2) is 72.8 Å². The molecular formula is C30H33N4O+. The summed E-state index contributed by atoms with van der Waals surface area (Å²) in [4.78, 5) is 18.3. The van der Waals surface area contributed by atoms with Crippen molar-refractivity contribution in [3.63, 3.8) is 0 Å². The lowest BCUT2D eigenvalue weighted by Crippen LogP contribution is -2.50. The van der Waals surface area contributed by atoms with Gasteiger partial charge in [0.15, 0.2) is 17.6 Å². The molecule has 178 valence electrons. The highest BCUT2D eigenvalue weighted by molar-refractivity contribution is 5.82. The van der Waals surface area contributed by atoms with E-state index in [1.165, 1.54) is 22.4 Å². The van der Waals surface area contributed by atoms with E-state index in [0.29, 0.717) is 6.54 Å². The largest absolute Gasteiger partial charge is 0.353 e. The number of nitrogens with zero attached hydrogens (tertiary/aromatic N) is 4. The topological polar surface area (TPSA) is 32.4 Å². The number of hydrogen-bond acceptors (Lipinski definition) is 2. The van der Waals surface area contributed by atoms with Crippen LogP contribution in [0.3, 0.4) is 0 Å². The third-order valence-electron chi connectivity index (χ3n) is 8.32. The van der Waals surface area contributed by atoms with E-state index in [4.69, 9.17) is 0 Å². The minimum Gasteiger partial charge on any atom is -0.353 e. The average Bonchev–Trinajstić information content (AvgIpc) is 3.43. The van der Waals surface area contributed by atoms with Crippen LogP contribution in [0.5, 0.6) is 0 Å². The van der Waals surface area contributed by atoms with E-state index in [-0.39, 0.29) is 17.5 Å². The molecule has 1 amide bonds. The number of likely N-dealkylation sites (tertiary alicyclic amines) is 1. The third kappa shape index (κ3) is 3.28. The van der Waals surface area contributed by atoms with Crippen LogP contribution in [-0.4, -0.2) is 35.1 Å². The molecule has 4 aromatic rings. The number of carbonyl (C=O) groups is 1. The summed E-state index contributed by atoms with van der Waals surface area (Å²) in [6, 6.07) is 25.8. The fourth-order valence-corrected chi connectivity index (χ4v) is 6.43. The number of likely N-dealkylation sites (N-methyl/N-ethyl adjacent to an activating group) is 1. The van der Waals surface area contributed by atoms with Crippen molar-refractivity contribution in [2.45, 2.75) is 51.9 Å². The molecule has 5 nitrogen and oxygen atoms in total. The number of hydrogen-bond donors (Lipinski definition) is 0. The standard InChI is InChI=1S/C30H33N4O/c1-21-13-15-23(16-14-21)19-33-22(2)34(27-12-8-7-11-26(27)33)20-28(35)32-18-17-30(3)24-9-5-6-10-25(24)31(4)29(30)32/h5-16,29H,17-20H2,1-4H3/q+1. The van der Waals surface area contributed by atoms with Crippen molar-refractivity contribution >= 4 is 22.6 Å². The molecule has 3 heterocycles. The van der Waals surface area contributed by atoms with Crippen molar-refractivity contribution in [3.8, 4) is 0 Å². The average molecular weight is 466 g/mol. The molecule has 5 heteroatoms. The Hall–Kier alpha value is -3.60. The van der Waals surface area contributed by atoms with E-state index < -0.39 is 0 Å². The predicted molar refractivity (Wildman–Crippen MR) is 139 cm³/mol. The van der Waals surface area contributed by atoms with Gasteiger partial charge >= 0.3 is 0 Å². The van der Waals surface area contributed by atoms with Gasteiger partial charge in [0, 0.05) is 31.6 Å². The summed E-state index contributed by atoms with van der Waals surface area (Å²) in [5.41, 5.74) is 7.38. The highest BCUT2D eigenvalue weighted by atomic mass is 16.2. The van der Waals surface area contributed by atoms with Crippen molar-refractivity contribution in [3.05, 3.63) is 95.3 Å². The zero-order chi connectivity index (χ0) is 24.3. The van der Waals surface area contributed by atoms with E-state index in [1.54, 1.807) is 0 Å². The van der Waals surface area contributed by atoms with Gasteiger partial charge in [0.25, 0.3) is 11.7 Å². The summed E-state index contributed by atoms with van der Waals surface area (Å²) < 4.78 is 4.53. The van der Waals surface area contributed by atoms with Gasteiger partial charge in [-0.3, -0.25) is 4.79 Å². The Morgan fingerprint density at radius 2 is 1.71 bits per heavy atom. The first-order valence-corrected chi connectivity index (χ1v) is 12.5. The van der Waals surface area contributed by atoms with Crippen molar-refractivity contribution in [1.82, 2.24) is 9.47 Å². The molecule has 0 N–H and O–H groups in total. The van der Waals surface area contributed by atoms with Crippen molar-refractivity contribution in [2.24, 2.45) is 0 Å². The predicted octanol–water partition coefficient (Wildman–Crippen LogP) is 4.56. The fraction of sp³-hybridized carbons (Fsp3) is 0.333. The second-order valence-corrected chi connectivity index (χ2v) is 10.5. The van der Waals surface area contributed by atoms with Crippen LogP contribution in [0.25, 0.3) is 11.0 Å². The number of rotatable bonds is 4. The number of imidazole rings is 1. The van der Waals surface area contributed by atoms with Gasteiger partial charge in [0.1, 0.15) is 12.7 Å². The summed E-state index contributed by atoms with van der Waals surface area (Å²) in [6.07, 6.45) is 1.05. The molecule has 3 aromatic carbocycles. The minimum atomic E-state index is -0.0276. The highest BCUT2D eigenvalue weighted by Gasteiger charge is 2.54. The second kappa shape index (κ2) is 7.98. The summed E-state index contributed by atoms with van der Waals surface area (Å²) in [5.74, 6) is 1.29. The Morgan fingerprint density at radius 1 is 1.00 bits per heavy atom. The molecule has 1 fully saturated rings. The number of fused-ring (bicyclic) bond motifs is 4. The number of aryl methyl sites for hydroxylation is 1. The fourth-order valence-electron chi connectivity index (χ4n) is 6.43. The molecule has 0 spiro atoms. The maximum absolute atomic E-state index is 13.9. The van der Waals surface area contributed by atoms with E-state index in [1.807, 2.05) is 0 Å². The van der Waals surface area contributed by atoms with Crippen molar-refractivity contribution < 1.29 is 9.36 Å². The number of carbonyl (C=O) groups excluding carboxylic acids is 1. The molecule has 0 aliphatic carbocycles. The minimum absolute atomic E-state index is 0.0276. The molecule has 2 aliphatic heterocycles. The molecule has 2 unspecified atom stereocenters. The summed E-state index contributed by atoms with van der Waals surface area (Å²) in [5, 5.41) is 0. The van der Waals surface area contributed by atoms with Gasteiger partial charge in [-0.1, -0.05) is 67.1 Å². The number of amides is 1. The zero-order valence-corrected chi connectivity index (χ0v) is 21.0. The molecule has 35 heavy (non-hydrogen) atoms. The van der Waals surface area contributed by atoms with E-state index >= 15 is 0 Å². The Balaban J connectivity index is 1.33.